The van der Waals surface area contributed by atoms with Crippen molar-refractivity contribution in [3.8, 4) is 5.75 Å². The molecule has 0 saturated carbocycles. The number of ether oxygens (including phenoxy) is 1. The molecule has 1 aromatic carbocycles. The number of imide groups is 1. The molecule has 2 heterocycles. The largest absolute Gasteiger partial charge is 0.483 e. The van der Waals surface area contributed by atoms with Gasteiger partial charge >= 0.3 is 0 Å². The van der Waals surface area contributed by atoms with Crippen molar-refractivity contribution < 1.29 is 23.9 Å². The summed E-state index contributed by atoms with van der Waals surface area (Å²) >= 11 is 4.12. The second-order valence-corrected chi connectivity index (χ2v) is 8.56. The lowest BCUT2D eigenvalue weighted by Gasteiger charge is -2.27. The van der Waals surface area contributed by atoms with E-state index in [4.69, 9.17) is 10.5 Å². The monoisotopic (exact) mass is 481 g/mol. The fraction of sp³-hybridized carbons (Fsp3) is 0.368. The first-order chi connectivity index (χ1) is 13.8. The van der Waals surface area contributed by atoms with E-state index >= 15 is 0 Å². The zero-order valence-corrected chi connectivity index (χ0v) is 18.0. The lowest BCUT2D eigenvalue weighted by atomic mass is 10.1. The molecule has 0 bridgehead atoms. The lowest BCUT2D eigenvalue weighted by Crippen LogP contribution is -2.44. The first-order valence-electron chi connectivity index (χ1n) is 9.09. The van der Waals surface area contributed by atoms with Crippen molar-refractivity contribution in [3.05, 3.63) is 33.1 Å². The molecule has 2 aliphatic rings. The van der Waals surface area contributed by atoms with Crippen LogP contribution in [0.5, 0.6) is 5.75 Å². The van der Waals surface area contributed by atoms with E-state index in [1.165, 1.54) is 6.08 Å². The zero-order chi connectivity index (χ0) is 21.0. The van der Waals surface area contributed by atoms with Crippen LogP contribution in [0.25, 0.3) is 6.08 Å². The average Bonchev–Trinajstić information content (AvgIpc) is 2.95. The number of hydrogen-bond donors (Lipinski definition) is 1. The van der Waals surface area contributed by atoms with E-state index < -0.39 is 17.1 Å². The molecular weight excluding hydrogens is 462 g/mol. The number of carbonyl (C=O) groups excluding carboxylic acids is 4. The Balaban J connectivity index is 1.76. The second kappa shape index (κ2) is 9.45. The Labute approximate surface area is 180 Å². The number of rotatable bonds is 6. The molecule has 2 aliphatic heterocycles. The minimum absolute atomic E-state index is 0.184. The van der Waals surface area contributed by atoms with Gasteiger partial charge in [0.05, 0.1) is 4.91 Å². The number of nitrogens with zero attached hydrogens (tertiary/aromatic N) is 2. The van der Waals surface area contributed by atoms with Crippen LogP contribution in [0.15, 0.2) is 27.6 Å². The third kappa shape index (κ3) is 5.39. The van der Waals surface area contributed by atoms with Crippen LogP contribution in [0.1, 0.15) is 24.8 Å². The third-order valence-electron chi connectivity index (χ3n) is 4.50. The smallest absolute Gasteiger partial charge is 0.294 e. The number of piperidine rings is 1. The van der Waals surface area contributed by atoms with Crippen LogP contribution in [0.3, 0.4) is 0 Å². The Morgan fingerprint density at radius 1 is 1.21 bits per heavy atom. The highest BCUT2D eigenvalue weighted by Gasteiger charge is 2.37. The van der Waals surface area contributed by atoms with Crippen molar-refractivity contribution >= 4 is 56.7 Å². The van der Waals surface area contributed by atoms with Crippen molar-refractivity contribution in [2.75, 3.05) is 26.2 Å². The van der Waals surface area contributed by atoms with Gasteiger partial charge in [0.1, 0.15) is 12.3 Å². The van der Waals surface area contributed by atoms with E-state index in [2.05, 4.69) is 15.9 Å². The molecule has 29 heavy (non-hydrogen) atoms. The Morgan fingerprint density at radius 3 is 2.62 bits per heavy atom. The van der Waals surface area contributed by atoms with Crippen LogP contribution in [0, 0.1) is 0 Å². The Kier molecular flexibility index (Phi) is 6.96. The molecule has 0 aromatic heterocycles. The molecule has 154 valence electrons. The van der Waals surface area contributed by atoms with Gasteiger partial charge in [0.15, 0.2) is 6.61 Å². The van der Waals surface area contributed by atoms with Gasteiger partial charge < -0.3 is 15.4 Å². The molecule has 4 amide bonds. The molecule has 0 unspecified atom stereocenters. The standard InChI is InChI=1S/C19H20BrN3O5S/c20-13-4-5-14(28-11-16(21)24)12(8-13)9-15-18(26)23(19(27)29-15)10-17(25)22-6-2-1-3-7-22/h4-5,8-9H,1-3,6-7,10-11H2,(H2,21,24)/b15-9-. The van der Waals surface area contributed by atoms with Gasteiger partial charge in [-0.3, -0.25) is 24.1 Å². The predicted octanol–water partition coefficient (Wildman–Crippen LogP) is 2.36. The number of hydrogen-bond acceptors (Lipinski definition) is 6. The summed E-state index contributed by atoms with van der Waals surface area (Å²) < 4.78 is 6.11. The minimum atomic E-state index is -0.629. The normalized spacial score (nSPS) is 18.4. The van der Waals surface area contributed by atoms with Gasteiger partial charge in [0.2, 0.25) is 5.91 Å². The summed E-state index contributed by atoms with van der Waals surface area (Å²) in [6.45, 7) is 0.743. The lowest BCUT2D eigenvalue weighted by molar-refractivity contribution is -0.136. The molecule has 0 radical (unpaired) electrons. The number of nitrogens with two attached hydrogens (primary N) is 1. The molecule has 8 nitrogen and oxygen atoms in total. The van der Waals surface area contributed by atoms with Crippen LogP contribution in [0.4, 0.5) is 4.79 Å². The van der Waals surface area contributed by atoms with Crippen molar-refractivity contribution in [3.63, 3.8) is 0 Å². The molecule has 0 atom stereocenters. The van der Waals surface area contributed by atoms with Crippen LogP contribution in [0.2, 0.25) is 0 Å². The first kappa shape index (κ1) is 21.4. The first-order valence-corrected chi connectivity index (χ1v) is 10.7. The maximum Gasteiger partial charge on any atom is 0.294 e. The van der Waals surface area contributed by atoms with E-state index in [9.17, 15) is 19.2 Å². The van der Waals surface area contributed by atoms with E-state index in [1.54, 1.807) is 23.1 Å². The number of thioether (sulfide) groups is 1. The number of carbonyl (C=O) groups is 4. The summed E-state index contributed by atoms with van der Waals surface area (Å²) in [6.07, 6.45) is 4.47. The Morgan fingerprint density at radius 2 is 1.93 bits per heavy atom. The molecule has 2 N–H and O–H groups in total. The predicted molar refractivity (Wildman–Crippen MR) is 112 cm³/mol. The van der Waals surface area contributed by atoms with E-state index in [1.807, 2.05) is 0 Å². The Hall–Kier alpha value is -2.33. The summed E-state index contributed by atoms with van der Waals surface area (Å²) in [4.78, 5) is 51.3. The van der Waals surface area contributed by atoms with Gasteiger partial charge in [-0.25, -0.2) is 0 Å². The molecular formula is C19H20BrN3O5S. The third-order valence-corrected chi connectivity index (χ3v) is 5.90. The maximum atomic E-state index is 12.7. The van der Waals surface area contributed by atoms with Gasteiger partial charge in [-0.1, -0.05) is 15.9 Å². The summed E-state index contributed by atoms with van der Waals surface area (Å²) in [7, 11) is 0. The van der Waals surface area contributed by atoms with Gasteiger partial charge in [-0.05, 0) is 55.3 Å². The van der Waals surface area contributed by atoms with Crippen molar-refractivity contribution in [1.82, 2.24) is 9.80 Å². The summed E-state index contributed by atoms with van der Waals surface area (Å²) in [6, 6.07) is 5.04. The highest BCUT2D eigenvalue weighted by Crippen LogP contribution is 2.35. The number of amides is 4. The summed E-state index contributed by atoms with van der Waals surface area (Å²) in [5.41, 5.74) is 5.62. The maximum absolute atomic E-state index is 12.7. The van der Waals surface area contributed by atoms with Crippen molar-refractivity contribution in [2.45, 2.75) is 19.3 Å². The molecule has 2 fully saturated rings. The number of primary amides is 1. The van der Waals surface area contributed by atoms with E-state index in [-0.39, 0.29) is 24.0 Å². The second-order valence-electron chi connectivity index (χ2n) is 6.65. The molecule has 3 rings (SSSR count). The quantitative estimate of drug-likeness (QED) is 0.624. The Bertz CT molecular complexity index is 883. The van der Waals surface area contributed by atoms with Gasteiger partial charge in [0, 0.05) is 23.1 Å². The van der Waals surface area contributed by atoms with Crippen LogP contribution >= 0.6 is 27.7 Å². The van der Waals surface area contributed by atoms with Crippen LogP contribution in [-0.2, 0) is 14.4 Å². The molecule has 1 aromatic rings. The zero-order valence-electron chi connectivity index (χ0n) is 15.6. The van der Waals surface area contributed by atoms with Gasteiger partial charge in [-0.15, -0.1) is 0 Å². The molecule has 0 spiro atoms. The number of benzene rings is 1. The van der Waals surface area contributed by atoms with Gasteiger partial charge in [-0.2, -0.15) is 0 Å². The molecule has 10 heteroatoms. The topological polar surface area (TPSA) is 110 Å². The fourth-order valence-electron chi connectivity index (χ4n) is 3.07. The molecule has 0 aliphatic carbocycles. The number of likely N-dealkylation sites (tertiary alicyclic amines) is 1. The highest BCUT2D eigenvalue weighted by molar-refractivity contribution is 9.10. The van der Waals surface area contributed by atoms with E-state index in [0.717, 1.165) is 40.4 Å². The van der Waals surface area contributed by atoms with E-state index in [0.29, 0.717) is 24.4 Å². The average molecular weight is 482 g/mol. The SMILES string of the molecule is NC(=O)COc1ccc(Br)cc1/C=C1\SC(=O)N(CC(=O)N2CCCCC2)C1=O. The van der Waals surface area contributed by atoms with Crippen molar-refractivity contribution in [1.29, 1.82) is 0 Å². The summed E-state index contributed by atoms with van der Waals surface area (Å²) in [5.74, 6) is -1.02. The highest BCUT2D eigenvalue weighted by atomic mass is 79.9. The number of halogens is 1. The summed E-state index contributed by atoms with van der Waals surface area (Å²) in [5, 5.41) is -0.485. The van der Waals surface area contributed by atoms with Crippen LogP contribution < -0.4 is 10.5 Å². The van der Waals surface area contributed by atoms with Crippen LogP contribution in [-0.4, -0.2) is 59.0 Å². The van der Waals surface area contributed by atoms with Gasteiger partial charge in [0.25, 0.3) is 17.1 Å². The van der Waals surface area contributed by atoms with Crippen molar-refractivity contribution in [2.24, 2.45) is 5.73 Å². The fourth-order valence-corrected chi connectivity index (χ4v) is 4.28. The minimum Gasteiger partial charge on any atom is -0.483 e. The molecule has 2 saturated heterocycles.